The van der Waals surface area contributed by atoms with Crippen LogP contribution in [0, 0.1) is 0 Å². The molecule has 0 saturated carbocycles. The largest absolute Gasteiger partial charge is 0.345 e. The number of rotatable bonds is 7. The molecule has 1 heterocycles. The van der Waals surface area contributed by atoms with Crippen LogP contribution < -0.4 is 4.90 Å². The molecule has 0 aliphatic rings. The Bertz CT molecular complexity index is 1480. The Morgan fingerprint density at radius 2 is 1.58 bits per heavy atom. The first-order valence-electron chi connectivity index (χ1n) is 10.9. The predicted octanol–water partition coefficient (Wildman–Crippen LogP) is 4.84. The van der Waals surface area contributed by atoms with Crippen LogP contribution >= 0.6 is 23.2 Å². The van der Waals surface area contributed by atoms with Crippen LogP contribution in [0.25, 0.3) is 11.0 Å². The number of benzene rings is 3. The number of nitrogens with zero attached hydrogens (tertiary/aromatic N) is 5. The Hall–Kier alpha value is -3.88. The molecule has 0 atom stereocenters. The summed E-state index contributed by atoms with van der Waals surface area (Å²) >= 11 is 12.2. The number of halogens is 2. The average molecular weight is 522 g/mol. The highest BCUT2D eigenvalue weighted by molar-refractivity contribution is 6.42. The van der Waals surface area contributed by atoms with Crippen molar-refractivity contribution in [3.05, 3.63) is 93.7 Å². The second-order valence-electron chi connectivity index (χ2n) is 8.20. The Balaban J connectivity index is 1.65. The number of para-hydroxylation sites is 1. The zero-order chi connectivity index (χ0) is 25.8. The van der Waals surface area contributed by atoms with Gasteiger partial charge in [-0.3, -0.25) is 14.4 Å². The maximum atomic E-state index is 13.4. The molecule has 0 aliphatic heterocycles. The number of ketones is 1. The van der Waals surface area contributed by atoms with Gasteiger partial charge in [0.2, 0.25) is 17.5 Å². The first-order chi connectivity index (χ1) is 17.2. The van der Waals surface area contributed by atoms with Crippen LogP contribution in [0.4, 0.5) is 5.69 Å². The topological polar surface area (TPSA) is 96.4 Å². The Kier molecular flexibility index (Phi) is 7.57. The van der Waals surface area contributed by atoms with Crippen molar-refractivity contribution in [2.75, 3.05) is 19.0 Å². The highest BCUT2D eigenvalue weighted by Gasteiger charge is 2.23. The fourth-order valence-corrected chi connectivity index (χ4v) is 3.84. The van der Waals surface area contributed by atoms with E-state index >= 15 is 0 Å². The number of Topliss-reactive ketones (excluding diaryl/α,β-unsaturated/α-hetero) is 1. The monoisotopic (exact) mass is 521 g/mol. The molecule has 0 bridgehead atoms. The van der Waals surface area contributed by atoms with Gasteiger partial charge in [0, 0.05) is 25.3 Å². The second-order valence-corrected chi connectivity index (χ2v) is 9.02. The molecule has 0 N–H and O–H groups in total. The molecular weight excluding hydrogens is 501 g/mol. The van der Waals surface area contributed by atoms with E-state index in [1.54, 1.807) is 80.8 Å². The number of fused-ring (bicyclic) bond motifs is 1. The first kappa shape index (κ1) is 25.2. The molecule has 2 amide bonds. The maximum absolute atomic E-state index is 13.4. The van der Waals surface area contributed by atoms with Crippen molar-refractivity contribution in [2.24, 2.45) is 0 Å². The third kappa shape index (κ3) is 5.67. The number of hydrogen-bond donors (Lipinski definition) is 0. The van der Waals surface area contributed by atoms with E-state index in [0.717, 1.165) is 0 Å². The predicted molar refractivity (Wildman–Crippen MR) is 138 cm³/mol. The van der Waals surface area contributed by atoms with Crippen molar-refractivity contribution in [1.29, 1.82) is 0 Å². The van der Waals surface area contributed by atoms with Crippen molar-refractivity contribution in [3.63, 3.8) is 0 Å². The second kappa shape index (κ2) is 10.8. The standard InChI is InChI=1S/C26H21Cl2N5O3/c1-32(2)26(36)17-6-5-7-18(13-17)33(15-16-10-11-19(27)20(28)12-16)24(35)14-23(34)25-29-21-8-3-4-9-22(21)30-31-25/h3-13H,14-15H2,1-2H3. The molecule has 0 spiro atoms. The highest BCUT2D eigenvalue weighted by atomic mass is 35.5. The van der Waals surface area contributed by atoms with E-state index in [2.05, 4.69) is 15.2 Å². The minimum absolute atomic E-state index is 0.0967. The lowest BCUT2D eigenvalue weighted by Gasteiger charge is -2.24. The van der Waals surface area contributed by atoms with Crippen LogP contribution in [0.2, 0.25) is 10.0 Å². The third-order valence-electron chi connectivity index (χ3n) is 5.36. The summed E-state index contributed by atoms with van der Waals surface area (Å²) in [6.45, 7) is 0.0967. The Labute approximate surface area is 217 Å². The van der Waals surface area contributed by atoms with Crippen molar-refractivity contribution >= 4 is 57.5 Å². The molecule has 8 nitrogen and oxygen atoms in total. The van der Waals surface area contributed by atoms with Gasteiger partial charge in [-0.05, 0) is 48.0 Å². The number of hydrogen-bond acceptors (Lipinski definition) is 6. The molecule has 4 aromatic rings. The fraction of sp³-hybridized carbons (Fsp3) is 0.154. The molecular formula is C26H21Cl2N5O3. The van der Waals surface area contributed by atoms with Crippen LogP contribution in [-0.2, 0) is 11.3 Å². The number of amides is 2. The van der Waals surface area contributed by atoms with Gasteiger partial charge in [0.25, 0.3) is 5.91 Å². The van der Waals surface area contributed by atoms with Gasteiger partial charge in [-0.15, -0.1) is 10.2 Å². The summed E-state index contributed by atoms with van der Waals surface area (Å²) in [5, 5.41) is 8.63. The molecule has 0 saturated heterocycles. The number of anilines is 1. The summed E-state index contributed by atoms with van der Waals surface area (Å²) in [5.41, 5.74) is 2.59. The van der Waals surface area contributed by atoms with Gasteiger partial charge < -0.3 is 9.80 Å². The summed E-state index contributed by atoms with van der Waals surface area (Å²) in [7, 11) is 3.29. The van der Waals surface area contributed by atoms with Crippen molar-refractivity contribution in [1.82, 2.24) is 20.1 Å². The molecule has 36 heavy (non-hydrogen) atoms. The summed E-state index contributed by atoms with van der Waals surface area (Å²) in [5.74, 6) is -1.44. The minimum Gasteiger partial charge on any atom is -0.345 e. The normalized spacial score (nSPS) is 10.8. The summed E-state index contributed by atoms with van der Waals surface area (Å²) < 4.78 is 0. The van der Waals surface area contributed by atoms with E-state index in [-0.39, 0.29) is 18.3 Å². The van der Waals surface area contributed by atoms with Crippen LogP contribution in [0.5, 0.6) is 0 Å². The number of carbonyl (C=O) groups is 3. The molecule has 4 rings (SSSR count). The molecule has 0 unspecified atom stereocenters. The SMILES string of the molecule is CN(C)C(=O)c1cccc(N(Cc2ccc(Cl)c(Cl)c2)C(=O)CC(=O)c2nnc3ccccc3n2)c1. The van der Waals surface area contributed by atoms with Crippen molar-refractivity contribution < 1.29 is 14.4 Å². The Morgan fingerprint density at radius 3 is 2.31 bits per heavy atom. The lowest BCUT2D eigenvalue weighted by Crippen LogP contribution is -2.32. The molecule has 1 aromatic heterocycles. The summed E-state index contributed by atoms with van der Waals surface area (Å²) in [4.78, 5) is 46.0. The van der Waals surface area contributed by atoms with E-state index in [0.29, 0.717) is 37.9 Å². The molecule has 0 fully saturated rings. The maximum Gasteiger partial charge on any atom is 0.253 e. The Morgan fingerprint density at radius 1 is 0.833 bits per heavy atom. The highest BCUT2D eigenvalue weighted by Crippen LogP contribution is 2.26. The van der Waals surface area contributed by atoms with Gasteiger partial charge in [0.1, 0.15) is 5.52 Å². The van der Waals surface area contributed by atoms with Gasteiger partial charge in [-0.2, -0.15) is 0 Å². The fourth-order valence-electron chi connectivity index (χ4n) is 3.52. The van der Waals surface area contributed by atoms with Gasteiger partial charge in [0.05, 0.1) is 28.5 Å². The van der Waals surface area contributed by atoms with Gasteiger partial charge in [-0.25, -0.2) is 4.98 Å². The lowest BCUT2D eigenvalue weighted by atomic mass is 10.1. The van der Waals surface area contributed by atoms with E-state index in [1.165, 1.54) is 9.80 Å². The van der Waals surface area contributed by atoms with E-state index in [4.69, 9.17) is 23.2 Å². The van der Waals surface area contributed by atoms with Crippen molar-refractivity contribution in [3.8, 4) is 0 Å². The molecule has 0 radical (unpaired) electrons. The van der Waals surface area contributed by atoms with Gasteiger partial charge >= 0.3 is 0 Å². The minimum atomic E-state index is -0.571. The molecule has 3 aromatic carbocycles. The van der Waals surface area contributed by atoms with Crippen LogP contribution in [0.1, 0.15) is 33.0 Å². The lowest BCUT2D eigenvalue weighted by molar-refractivity contribution is -0.117. The van der Waals surface area contributed by atoms with Crippen molar-refractivity contribution in [2.45, 2.75) is 13.0 Å². The van der Waals surface area contributed by atoms with Gasteiger partial charge in [-0.1, -0.05) is 47.5 Å². The van der Waals surface area contributed by atoms with Crippen LogP contribution in [0.15, 0.2) is 66.7 Å². The van der Waals surface area contributed by atoms with E-state index < -0.39 is 18.1 Å². The zero-order valence-corrected chi connectivity index (χ0v) is 21.0. The number of aromatic nitrogens is 3. The smallest absolute Gasteiger partial charge is 0.253 e. The van der Waals surface area contributed by atoms with Crippen LogP contribution in [0.3, 0.4) is 0 Å². The quantitative estimate of drug-likeness (QED) is 0.255. The molecule has 10 heteroatoms. The zero-order valence-electron chi connectivity index (χ0n) is 19.5. The third-order valence-corrected chi connectivity index (χ3v) is 6.10. The van der Waals surface area contributed by atoms with E-state index in [9.17, 15) is 14.4 Å². The van der Waals surface area contributed by atoms with Gasteiger partial charge in [0.15, 0.2) is 0 Å². The van der Waals surface area contributed by atoms with Crippen LogP contribution in [-0.4, -0.2) is 51.8 Å². The average Bonchev–Trinajstić information content (AvgIpc) is 2.88. The summed E-state index contributed by atoms with van der Waals surface area (Å²) in [6, 6.07) is 18.7. The summed E-state index contributed by atoms with van der Waals surface area (Å²) in [6.07, 6.45) is -0.493. The number of carbonyl (C=O) groups excluding carboxylic acids is 3. The first-order valence-corrected chi connectivity index (χ1v) is 11.7. The molecule has 182 valence electrons. The van der Waals surface area contributed by atoms with E-state index in [1.807, 2.05) is 0 Å². The molecule has 0 aliphatic carbocycles.